The third-order valence-corrected chi connectivity index (χ3v) is 2.78. The molecule has 0 radical (unpaired) electrons. The van der Waals surface area contributed by atoms with E-state index in [0.29, 0.717) is 6.54 Å². The first-order valence-corrected chi connectivity index (χ1v) is 5.55. The van der Waals surface area contributed by atoms with Crippen molar-refractivity contribution in [2.45, 2.75) is 32.9 Å². The number of nitrogens with one attached hydrogen (secondary N) is 1. The fraction of sp³-hybridized carbons (Fsp3) is 0.636. The van der Waals surface area contributed by atoms with Crippen LogP contribution in [0.5, 0.6) is 0 Å². The van der Waals surface area contributed by atoms with Crippen molar-refractivity contribution in [3.63, 3.8) is 0 Å². The molecule has 5 nitrogen and oxygen atoms in total. The van der Waals surface area contributed by atoms with Gasteiger partial charge in [-0.25, -0.2) is 0 Å². The molecule has 2 atom stereocenters. The number of aromatic nitrogens is 2. The maximum absolute atomic E-state index is 11.7. The zero-order chi connectivity index (χ0) is 12.1. The van der Waals surface area contributed by atoms with E-state index >= 15 is 0 Å². The number of hydrogen-bond acceptors (Lipinski definition) is 3. The van der Waals surface area contributed by atoms with Crippen LogP contribution in [0.15, 0.2) is 12.4 Å². The Bertz CT molecular complexity index is 353. The summed E-state index contributed by atoms with van der Waals surface area (Å²) >= 11 is 0. The minimum atomic E-state index is -0.429. The van der Waals surface area contributed by atoms with Crippen LogP contribution in [0.4, 0.5) is 0 Å². The summed E-state index contributed by atoms with van der Waals surface area (Å²) in [7, 11) is 1.84. The summed E-state index contributed by atoms with van der Waals surface area (Å²) in [6.45, 7) is 4.49. The van der Waals surface area contributed by atoms with Crippen LogP contribution in [0.3, 0.4) is 0 Å². The number of amides is 1. The maximum atomic E-state index is 11.7. The van der Waals surface area contributed by atoms with Crippen LogP contribution < -0.4 is 11.1 Å². The number of nitrogens with two attached hydrogens (primary N) is 1. The van der Waals surface area contributed by atoms with Gasteiger partial charge in [-0.1, -0.05) is 20.3 Å². The second-order valence-electron chi connectivity index (χ2n) is 4.15. The monoisotopic (exact) mass is 260 g/mol. The Labute approximate surface area is 108 Å². The highest BCUT2D eigenvalue weighted by molar-refractivity contribution is 5.85. The van der Waals surface area contributed by atoms with Crippen LogP contribution in [0.25, 0.3) is 0 Å². The standard InChI is InChI=1S/C11H20N4O.ClH/c1-4-8(2)10(12)11(16)13-5-9-6-14-15(3)7-9;/h6-8,10H,4-5,12H2,1-3H3,(H,13,16);1H. The van der Waals surface area contributed by atoms with Gasteiger partial charge in [-0.05, 0) is 5.92 Å². The van der Waals surface area contributed by atoms with E-state index in [-0.39, 0.29) is 24.2 Å². The molecule has 1 aromatic rings. The van der Waals surface area contributed by atoms with E-state index in [0.717, 1.165) is 12.0 Å². The van der Waals surface area contributed by atoms with Gasteiger partial charge in [0.25, 0.3) is 0 Å². The van der Waals surface area contributed by atoms with E-state index in [1.807, 2.05) is 27.1 Å². The molecule has 0 aliphatic rings. The van der Waals surface area contributed by atoms with Gasteiger partial charge in [0.05, 0.1) is 12.2 Å². The molecule has 0 aliphatic carbocycles. The van der Waals surface area contributed by atoms with Crippen LogP contribution >= 0.6 is 12.4 Å². The lowest BCUT2D eigenvalue weighted by Gasteiger charge is -2.17. The lowest BCUT2D eigenvalue weighted by molar-refractivity contribution is -0.123. The van der Waals surface area contributed by atoms with E-state index in [1.54, 1.807) is 10.9 Å². The van der Waals surface area contributed by atoms with E-state index in [4.69, 9.17) is 5.73 Å². The SMILES string of the molecule is CCC(C)C(N)C(=O)NCc1cnn(C)c1.Cl. The number of carbonyl (C=O) groups excluding carboxylic acids is 1. The topological polar surface area (TPSA) is 72.9 Å². The van der Waals surface area contributed by atoms with Crippen molar-refractivity contribution >= 4 is 18.3 Å². The predicted octanol–water partition coefficient (Wildman–Crippen LogP) is 0.831. The van der Waals surface area contributed by atoms with Crippen molar-refractivity contribution in [3.8, 4) is 0 Å². The molecule has 6 heteroatoms. The number of rotatable bonds is 5. The molecule has 0 saturated carbocycles. The Balaban J connectivity index is 0.00000256. The Morgan fingerprint density at radius 3 is 2.76 bits per heavy atom. The smallest absolute Gasteiger partial charge is 0.237 e. The van der Waals surface area contributed by atoms with Gasteiger partial charge in [0.15, 0.2) is 0 Å². The molecule has 3 N–H and O–H groups in total. The first-order chi connectivity index (χ1) is 7.54. The van der Waals surface area contributed by atoms with E-state index in [9.17, 15) is 4.79 Å². The molecule has 0 aliphatic heterocycles. The van der Waals surface area contributed by atoms with Crippen molar-refractivity contribution in [2.24, 2.45) is 18.7 Å². The van der Waals surface area contributed by atoms with Crippen molar-refractivity contribution in [2.75, 3.05) is 0 Å². The van der Waals surface area contributed by atoms with Gasteiger partial charge < -0.3 is 11.1 Å². The molecule has 0 fully saturated rings. The zero-order valence-corrected chi connectivity index (χ0v) is 11.3. The van der Waals surface area contributed by atoms with Crippen LogP contribution in [-0.2, 0) is 18.4 Å². The quantitative estimate of drug-likeness (QED) is 0.824. The van der Waals surface area contributed by atoms with Crippen LogP contribution in [0.2, 0.25) is 0 Å². The molecule has 2 unspecified atom stereocenters. The summed E-state index contributed by atoms with van der Waals surface area (Å²) in [5, 5.41) is 6.83. The molecule has 1 amide bonds. The summed E-state index contributed by atoms with van der Waals surface area (Å²) < 4.78 is 1.70. The average Bonchev–Trinajstić information content (AvgIpc) is 2.69. The normalized spacial score (nSPS) is 13.6. The predicted molar refractivity (Wildman–Crippen MR) is 69.7 cm³/mol. The Morgan fingerprint density at radius 2 is 2.29 bits per heavy atom. The summed E-state index contributed by atoms with van der Waals surface area (Å²) in [4.78, 5) is 11.7. The third kappa shape index (κ3) is 4.75. The van der Waals surface area contributed by atoms with Gasteiger partial charge in [0.2, 0.25) is 5.91 Å². The summed E-state index contributed by atoms with van der Waals surface area (Å²) in [5.74, 6) is 0.104. The average molecular weight is 261 g/mol. The molecule has 0 saturated heterocycles. The molecule has 17 heavy (non-hydrogen) atoms. The van der Waals surface area contributed by atoms with Crippen molar-refractivity contribution in [1.29, 1.82) is 0 Å². The van der Waals surface area contributed by atoms with Gasteiger partial charge >= 0.3 is 0 Å². The molecule has 0 bridgehead atoms. The molecular formula is C11H21ClN4O. The van der Waals surface area contributed by atoms with E-state index < -0.39 is 6.04 Å². The molecule has 1 heterocycles. The first kappa shape index (κ1) is 15.9. The number of halogens is 1. The largest absolute Gasteiger partial charge is 0.351 e. The van der Waals surface area contributed by atoms with Gasteiger partial charge in [-0.2, -0.15) is 5.10 Å². The Hall–Kier alpha value is -1.07. The van der Waals surface area contributed by atoms with E-state index in [1.165, 1.54) is 0 Å². The van der Waals surface area contributed by atoms with Gasteiger partial charge in [0, 0.05) is 25.4 Å². The maximum Gasteiger partial charge on any atom is 0.237 e. The summed E-state index contributed by atoms with van der Waals surface area (Å²) in [6.07, 6.45) is 4.51. The Morgan fingerprint density at radius 1 is 1.65 bits per heavy atom. The van der Waals surface area contributed by atoms with Gasteiger partial charge in [0.1, 0.15) is 0 Å². The number of carbonyl (C=O) groups is 1. The molecule has 1 aromatic heterocycles. The molecular weight excluding hydrogens is 240 g/mol. The van der Waals surface area contributed by atoms with Crippen molar-refractivity contribution in [1.82, 2.24) is 15.1 Å². The Kier molecular flexibility index (Phi) is 6.83. The van der Waals surface area contributed by atoms with Gasteiger partial charge in [-0.3, -0.25) is 9.48 Å². The number of hydrogen-bond donors (Lipinski definition) is 2. The third-order valence-electron chi connectivity index (χ3n) is 2.78. The second kappa shape index (κ2) is 7.29. The highest BCUT2D eigenvalue weighted by Gasteiger charge is 2.18. The molecule has 1 rings (SSSR count). The first-order valence-electron chi connectivity index (χ1n) is 5.55. The lowest BCUT2D eigenvalue weighted by Crippen LogP contribution is -2.44. The van der Waals surface area contributed by atoms with E-state index in [2.05, 4.69) is 10.4 Å². The summed E-state index contributed by atoms with van der Waals surface area (Å²) in [6, 6.07) is -0.429. The molecule has 0 spiro atoms. The molecule has 0 aromatic carbocycles. The highest BCUT2D eigenvalue weighted by Crippen LogP contribution is 2.05. The van der Waals surface area contributed by atoms with Crippen LogP contribution in [0, 0.1) is 5.92 Å². The fourth-order valence-electron chi connectivity index (χ4n) is 1.38. The fourth-order valence-corrected chi connectivity index (χ4v) is 1.38. The zero-order valence-electron chi connectivity index (χ0n) is 10.5. The molecule has 98 valence electrons. The van der Waals surface area contributed by atoms with Gasteiger partial charge in [-0.15, -0.1) is 12.4 Å². The minimum absolute atomic E-state index is 0. The van der Waals surface area contributed by atoms with Crippen LogP contribution in [-0.4, -0.2) is 21.7 Å². The highest BCUT2D eigenvalue weighted by atomic mass is 35.5. The summed E-state index contributed by atoms with van der Waals surface area (Å²) in [5.41, 5.74) is 6.79. The van der Waals surface area contributed by atoms with Crippen LogP contribution in [0.1, 0.15) is 25.8 Å². The van der Waals surface area contributed by atoms with Crippen molar-refractivity contribution < 1.29 is 4.79 Å². The number of nitrogens with zero attached hydrogens (tertiary/aromatic N) is 2. The second-order valence-corrected chi connectivity index (χ2v) is 4.15. The minimum Gasteiger partial charge on any atom is -0.351 e. The lowest BCUT2D eigenvalue weighted by atomic mass is 9.99. The number of aryl methyl sites for hydroxylation is 1. The van der Waals surface area contributed by atoms with Crippen molar-refractivity contribution in [3.05, 3.63) is 18.0 Å².